The molecule has 0 amide bonds. The van der Waals surface area contributed by atoms with Crippen molar-refractivity contribution in [1.29, 1.82) is 0 Å². The summed E-state index contributed by atoms with van der Waals surface area (Å²) in [6.45, 7) is 13.3. The van der Waals surface area contributed by atoms with Gasteiger partial charge in [0.15, 0.2) is 11.5 Å². The van der Waals surface area contributed by atoms with Crippen LogP contribution in [0, 0.1) is 22.7 Å². The predicted molar refractivity (Wildman–Crippen MR) is 180 cm³/mol. The fourth-order valence-corrected chi connectivity index (χ4v) is 10.3. The van der Waals surface area contributed by atoms with Gasteiger partial charge in [0.1, 0.15) is 18.3 Å². The molecule has 1 aromatic rings. The Balaban J connectivity index is 1.06. The molecule has 7 atom stereocenters. The molecule has 274 valence electrons. The van der Waals surface area contributed by atoms with Crippen LogP contribution in [-0.4, -0.2) is 118 Å². The summed E-state index contributed by atoms with van der Waals surface area (Å²) in [5.41, 5.74) is -1.04. The molecule has 2 N–H and O–H groups in total. The van der Waals surface area contributed by atoms with Gasteiger partial charge in [-0.15, -0.1) is 0 Å². The van der Waals surface area contributed by atoms with Gasteiger partial charge in [-0.25, -0.2) is 4.79 Å². The van der Waals surface area contributed by atoms with E-state index in [-0.39, 0.29) is 24.5 Å². The SMILES string of the molecule is COCCOCCOCCOCCOC(=O)Oc1ccc2c3c1O[C@@H]1C34CCN(CC3CC3)[C@H](C2)C42CC[C@]1(O)[C@@H]([C@](C)(O)C(C)(C)C)C2. The molecule has 2 spiro atoms. The van der Waals surface area contributed by atoms with Gasteiger partial charge in [-0.2, -0.15) is 0 Å². The molecule has 0 radical (unpaired) electrons. The largest absolute Gasteiger partial charge is 0.514 e. The van der Waals surface area contributed by atoms with E-state index in [0.717, 1.165) is 50.3 Å². The lowest BCUT2D eigenvalue weighted by Gasteiger charge is -2.75. The number of carbonyl (C=O) groups is 1. The quantitative estimate of drug-likeness (QED) is 0.147. The van der Waals surface area contributed by atoms with Gasteiger partial charge in [0.05, 0.1) is 51.8 Å². The minimum atomic E-state index is -1.23. The van der Waals surface area contributed by atoms with Crippen molar-refractivity contribution in [3.8, 4) is 11.5 Å². The Labute approximate surface area is 290 Å². The van der Waals surface area contributed by atoms with Crippen LogP contribution in [0.1, 0.15) is 77.3 Å². The van der Waals surface area contributed by atoms with E-state index >= 15 is 0 Å². The van der Waals surface area contributed by atoms with Crippen molar-refractivity contribution in [2.24, 2.45) is 22.7 Å². The van der Waals surface area contributed by atoms with Crippen molar-refractivity contribution in [1.82, 2.24) is 4.90 Å². The topological polar surface area (TPSA) is 125 Å². The fraction of sp³-hybridized carbons (Fsp3) is 0.816. The van der Waals surface area contributed by atoms with Crippen molar-refractivity contribution in [2.75, 3.05) is 73.1 Å². The zero-order valence-corrected chi connectivity index (χ0v) is 30.1. The van der Waals surface area contributed by atoms with Crippen LogP contribution in [0.5, 0.6) is 11.5 Å². The average molecular weight is 688 g/mol. The van der Waals surface area contributed by atoms with E-state index in [1.54, 1.807) is 7.11 Å². The Morgan fingerprint density at radius 1 is 0.959 bits per heavy atom. The van der Waals surface area contributed by atoms with Crippen LogP contribution in [0.4, 0.5) is 4.79 Å². The second-order valence-electron chi connectivity index (χ2n) is 16.6. The van der Waals surface area contributed by atoms with Crippen LogP contribution < -0.4 is 9.47 Å². The number of nitrogens with zero attached hydrogens (tertiary/aromatic N) is 1. The predicted octanol–water partition coefficient (Wildman–Crippen LogP) is 4.27. The summed E-state index contributed by atoms with van der Waals surface area (Å²) in [7, 11) is 1.63. The van der Waals surface area contributed by atoms with Crippen LogP contribution in [-0.2, 0) is 35.5 Å². The molecule has 4 bridgehead atoms. The van der Waals surface area contributed by atoms with Gasteiger partial charge in [0, 0.05) is 42.0 Å². The normalized spacial score (nSPS) is 33.9. The highest BCUT2D eigenvalue weighted by molar-refractivity contribution is 5.70. The minimum Gasteiger partial charge on any atom is -0.482 e. The highest BCUT2D eigenvalue weighted by atomic mass is 16.7. The van der Waals surface area contributed by atoms with E-state index in [0.29, 0.717) is 63.6 Å². The fourth-order valence-electron chi connectivity index (χ4n) is 10.3. The smallest absolute Gasteiger partial charge is 0.482 e. The van der Waals surface area contributed by atoms with Crippen LogP contribution in [0.25, 0.3) is 0 Å². The average Bonchev–Trinajstić information content (AvgIpc) is 3.80. The maximum atomic E-state index is 12.9. The Morgan fingerprint density at radius 3 is 2.29 bits per heavy atom. The maximum absolute atomic E-state index is 12.9. The Kier molecular flexibility index (Phi) is 9.55. The molecule has 2 heterocycles. The summed E-state index contributed by atoms with van der Waals surface area (Å²) in [5.74, 6) is 1.30. The first-order chi connectivity index (χ1) is 23.4. The molecule has 11 heteroatoms. The zero-order chi connectivity index (χ0) is 34.7. The van der Waals surface area contributed by atoms with Crippen LogP contribution in [0.2, 0.25) is 0 Å². The molecule has 2 aliphatic heterocycles. The third-order valence-electron chi connectivity index (χ3n) is 13.3. The van der Waals surface area contributed by atoms with Gasteiger partial charge >= 0.3 is 6.16 Å². The molecule has 5 fully saturated rings. The lowest BCUT2D eigenvalue weighted by Crippen LogP contribution is -2.82. The van der Waals surface area contributed by atoms with E-state index < -0.39 is 34.3 Å². The summed E-state index contributed by atoms with van der Waals surface area (Å²) in [5, 5.41) is 25.1. The lowest BCUT2D eigenvalue weighted by atomic mass is 9.33. The first-order valence-electron chi connectivity index (χ1n) is 18.5. The standard InChI is InChI=1S/C38H57NO10/c1-34(2,3)35(4,41)28-23-36-10-11-38(28,42)32-37(36)12-13-39(24-25-6-7-25)29(36)22-26-8-9-27(31(49-32)30(26)37)48-33(40)47-21-20-46-19-18-45-17-16-44-15-14-43-5/h8-9,25,28-29,32,41-42H,6-7,10-24H2,1-5H3/t28-,29-,32-,35+,36?,37?,38+/m1/s1. The van der Waals surface area contributed by atoms with Crippen LogP contribution in [0.15, 0.2) is 12.1 Å². The van der Waals surface area contributed by atoms with Crippen molar-refractivity contribution in [2.45, 2.75) is 101 Å². The summed E-state index contributed by atoms with van der Waals surface area (Å²) < 4.78 is 39.5. The highest BCUT2D eigenvalue weighted by Crippen LogP contribution is 2.77. The molecule has 2 unspecified atom stereocenters. The number of aliphatic hydroxyl groups is 2. The third kappa shape index (κ3) is 5.79. The molecule has 1 aromatic carbocycles. The summed E-state index contributed by atoms with van der Waals surface area (Å²) in [4.78, 5) is 15.7. The molecule has 49 heavy (non-hydrogen) atoms. The van der Waals surface area contributed by atoms with Crippen LogP contribution in [0.3, 0.4) is 0 Å². The van der Waals surface area contributed by atoms with Gasteiger partial charge in [0.25, 0.3) is 0 Å². The van der Waals surface area contributed by atoms with E-state index in [4.69, 9.17) is 33.2 Å². The van der Waals surface area contributed by atoms with Crippen molar-refractivity contribution < 1.29 is 48.2 Å². The van der Waals surface area contributed by atoms with Crippen molar-refractivity contribution in [3.05, 3.63) is 23.3 Å². The molecule has 0 aromatic heterocycles. The number of carbonyl (C=O) groups excluding carboxylic acids is 1. The van der Waals surface area contributed by atoms with Crippen molar-refractivity contribution >= 4 is 6.16 Å². The molecule has 1 saturated heterocycles. The van der Waals surface area contributed by atoms with E-state index in [2.05, 4.69) is 31.7 Å². The minimum absolute atomic E-state index is 0.0393. The summed E-state index contributed by atoms with van der Waals surface area (Å²) in [6.07, 6.45) is 5.25. The number of hydrogen-bond acceptors (Lipinski definition) is 11. The summed E-state index contributed by atoms with van der Waals surface area (Å²) in [6, 6.07) is 4.23. The zero-order valence-electron chi connectivity index (χ0n) is 30.1. The van der Waals surface area contributed by atoms with Gasteiger partial charge in [-0.3, -0.25) is 4.90 Å². The van der Waals surface area contributed by atoms with Gasteiger partial charge in [0.2, 0.25) is 0 Å². The van der Waals surface area contributed by atoms with E-state index in [1.165, 1.54) is 18.4 Å². The second kappa shape index (κ2) is 13.2. The molecular weight excluding hydrogens is 630 g/mol. The first-order valence-corrected chi connectivity index (χ1v) is 18.5. The second-order valence-corrected chi connectivity index (χ2v) is 16.6. The van der Waals surface area contributed by atoms with Gasteiger partial charge < -0.3 is 43.4 Å². The van der Waals surface area contributed by atoms with Gasteiger partial charge in [-0.05, 0) is 81.4 Å². The molecule has 8 rings (SSSR count). The first kappa shape index (κ1) is 35.4. The van der Waals surface area contributed by atoms with E-state index in [1.807, 2.05) is 13.0 Å². The number of ether oxygens (including phenoxy) is 7. The lowest BCUT2D eigenvalue weighted by molar-refractivity contribution is -0.305. The number of rotatable bonds is 16. The highest BCUT2D eigenvalue weighted by Gasteiger charge is 2.82. The molecule has 5 aliphatic carbocycles. The number of hydrogen-bond donors (Lipinski definition) is 2. The molecular formula is C38H57NO10. The summed E-state index contributed by atoms with van der Waals surface area (Å²) >= 11 is 0. The van der Waals surface area contributed by atoms with Crippen molar-refractivity contribution in [3.63, 3.8) is 0 Å². The molecule has 11 nitrogen and oxygen atoms in total. The number of likely N-dealkylation sites (tertiary alicyclic amines) is 1. The maximum Gasteiger partial charge on any atom is 0.514 e. The molecule has 4 saturated carbocycles. The monoisotopic (exact) mass is 687 g/mol. The number of piperidine rings is 1. The Morgan fingerprint density at radius 2 is 1.63 bits per heavy atom. The van der Waals surface area contributed by atoms with Gasteiger partial charge in [-0.1, -0.05) is 26.8 Å². The molecule has 7 aliphatic rings. The number of methoxy groups -OCH3 is 1. The van der Waals surface area contributed by atoms with E-state index in [9.17, 15) is 15.0 Å². The Bertz CT molecular complexity index is 1370. The number of benzene rings is 1. The third-order valence-corrected chi connectivity index (χ3v) is 13.3. The van der Waals surface area contributed by atoms with Crippen LogP contribution >= 0.6 is 0 Å². The Hall–Kier alpha value is -1.99. The number of fused-ring (bicyclic) bond motifs is 2.